The van der Waals surface area contributed by atoms with Crippen LogP contribution in [0.4, 0.5) is 0 Å². The Morgan fingerprint density at radius 1 is 1.62 bits per heavy atom. The predicted octanol–water partition coefficient (Wildman–Crippen LogP) is 1.02. The molecule has 0 nitrogen and oxygen atoms in total. The monoisotopic (exact) mass is 183 g/mol. The molecule has 0 saturated carbocycles. The summed E-state index contributed by atoms with van der Waals surface area (Å²) in [5.41, 5.74) is 0. The molecule has 0 bridgehead atoms. The summed E-state index contributed by atoms with van der Waals surface area (Å²) in [5, 5.41) is 0. The fraction of sp³-hybridized carbons (Fsp3) is 0.167. The minimum absolute atomic E-state index is 0.204. The second-order valence-corrected chi connectivity index (χ2v) is 5.27. The van der Waals surface area contributed by atoms with Crippen LogP contribution in [0.1, 0.15) is 0 Å². The normalized spacial score (nSPS) is 23.0. The summed E-state index contributed by atoms with van der Waals surface area (Å²) in [5.74, 6) is 1.23. The first-order valence-electron chi connectivity index (χ1n) is 2.60. The van der Waals surface area contributed by atoms with Crippen LogP contribution in [0.2, 0.25) is 0 Å². The van der Waals surface area contributed by atoms with Crippen LogP contribution < -0.4 is 0 Å². The molecule has 0 N–H and O–H groups in total. The summed E-state index contributed by atoms with van der Waals surface area (Å²) < 4.78 is 1.68. The number of rotatable bonds is 0. The van der Waals surface area contributed by atoms with E-state index in [1.807, 2.05) is 11.8 Å². The van der Waals surface area contributed by atoms with Gasteiger partial charge in [-0.3, -0.25) is 0 Å². The van der Waals surface area contributed by atoms with E-state index in [1.54, 1.807) is 9.31 Å². The molecule has 0 saturated heterocycles. The van der Waals surface area contributed by atoms with Crippen molar-refractivity contribution in [2.45, 2.75) is 0 Å². The first-order valence-corrected chi connectivity index (χ1v) is 5.85. The third-order valence-electron chi connectivity index (χ3n) is 1.27. The standard InChI is InChI=1S/C6H5GeS/c1-3-7-5-2-4-8-6(1)5/h1-3H,4H2. The van der Waals surface area contributed by atoms with Crippen LogP contribution in [-0.2, 0) is 0 Å². The first-order chi connectivity index (χ1) is 3.97. The molecule has 0 atom stereocenters. The Morgan fingerprint density at radius 3 is 3.50 bits per heavy atom. The minimum atomic E-state index is 0.204. The number of hydrogen-bond donors (Lipinski definition) is 0. The van der Waals surface area contributed by atoms with Crippen LogP contribution in [0, 0.1) is 0 Å². The van der Waals surface area contributed by atoms with Crippen molar-refractivity contribution < 1.29 is 0 Å². The van der Waals surface area contributed by atoms with Gasteiger partial charge in [0.1, 0.15) is 0 Å². The Hall–Kier alpha value is 0.243. The Morgan fingerprint density at radius 2 is 2.62 bits per heavy atom. The van der Waals surface area contributed by atoms with E-state index >= 15 is 0 Å². The zero-order chi connectivity index (χ0) is 5.40. The average molecular weight is 182 g/mol. The maximum absolute atomic E-state index is 2.38. The summed E-state index contributed by atoms with van der Waals surface area (Å²) in [4.78, 5) is 3.91. The summed E-state index contributed by atoms with van der Waals surface area (Å²) in [7, 11) is 0. The van der Waals surface area contributed by atoms with Gasteiger partial charge < -0.3 is 0 Å². The molecule has 2 heteroatoms. The quantitative estimate of drug-likeness (QED) is 0.503. The van der Waals surface area contributed by atoms with Gasteiger partial charge in [0, 0.05) is 0 Å². The summed E-state index contributed by atoms with van der Waals surface area (Å²) >= 11 is 2.19. The Kier molecular flexibility index (Phi) is 1.19. The fourth-order valence-electron chi connectivity index (χ4n) is 0.868. The van der Waals surface area contributed by atoms with Gasteiger partial charge in [0.15, 0.2) is 0 Å². The summed E-state index contributed by atoms with van der Waals surface area (Å²) in [6.45, 7) is 0. The van der Waals surface area contributed by atoms with Gasteiger partial charge in [-0.2, -0.15) is 0 Å². The number of fused-ring (bicyclic) bond motifs is 1. The van der Waals surface area contributed by atoms with Crippen LogP contribution in [0.3, 0.4) is 0 Å². The Bertz CT molecular complexity index is 201. The van der Waals surface area contributed by atoms with E-state index in [4.69, 9.17) is 0 Å². The SMILES string of the molecule is [CH]1=[Ge][C]2=CCSC2=C1. The Balaban J connectivity index is 2.49. The molecule has 2 aliphatic rings. The molecular weight excluding hydrogens is 177 g/mol. The second kappa shape index (κ2) is 1.88. The van der Waals surface area contributed by atoms with Crippen molar-refractivity contribution >= 4 is 31.6 Å². The molecule has 8 heavy (non-hydrogen) atoms. The van der Waals surface area contributed by atoms with Gasteiger partial charge in [-0.15, -0.1) is 0 Å². The van der Waals surface area contributed by atoms with Gasteiger partial charge in [-0.05, 0) is 0 Å². The molecule has 1 radical (unpaired) electrons. The van der Waals surface area contributed by atoms with Crippen LogP contribution in [0.25, 0.3) is 0 Å². The molecule has 0 aromatic heterocycles. The molecule has 0 unspecified atom stereocenters. The number of hydrogen-bond acceptors (Lipinski definition) is 1. The van der Waals surface area contributed by atoms with Crippen LogP contribution in [0.15, 0.2) is 21.5 Å². The molecule has 0 spiro atoms. The van der Waals surface area contributed by atoms with Crippen molar-refractivity contribution in [1.82, 2.24) is 0 Å². The molecule has 2 aliphatic heterocycles. The molecule has 0 aromatic rings. The Labute approximate surface area is 59.1 Å². The third-order valence-corrected chi connectivity index (χ3v) is 4.99. The molecule has 0 aliphatic carbocycles. The molecule has 2 heterocycles. The van der Waals surface area contributed by atoms with Gasteiger partial charge in [-0.1, -0.05) is 0 Å². The van der Waals surface area contributed by atoms with E-state index in [-0.39, 0.29) is 15.0 Å². The van der Waals surface area contributed by atoms with E-state index in [1.165, 1.54) is 5.75 Å². The molecule has 39 valence electrons. The van der Waals surface area contributed by atoms with Gasteiger partial charge in [0.05, 0.1) is 0 Å². The van der Waals surface area contributed by atoms with E-state index in [0.717, 1.165) is 0 Å². The zero-order valence-corrected chi connectivity index (χ0v) is 7.26. The fourth-order valence-corrected chi connectivity index (χ4v) is 4.86. The van der Waals surface area contributed by atoms with E-state index in [9.17, 15) is 0 Å². The zero-order valence-electron chi connectivity index (χ0n) is 4.35. The van der Waals surface area contributed by atoms with E-state index < -0.39 is 0 Å². The maximum atomic E-state index is 2.38. The number of allylic oxidation sites excluding steroid dienone is 2. The van der Waals surface area contributed by atoms with Crippen molar-refractivity contribution in [2.75, 3.05) is 5.75 Å². The molecule has 0 aromatic carbocycles. The van der Waals surface area contributed by atoms with Gasteiger partial charge in [0.25, 0.3) is 0 Å². The first kappa shape index (κ1) is 5.06. The molecular formula is C6H5GeS. The van der Waals surface area contributed by atoms with E-state index in [2.05, 4.69) is 17.0 Å². The van der Waals surface area contributed by atoms with Gasteiger partial charge >= 0.3 is 58.8 Å². The summed E-state index contributed by atoms with van der Waals surface area (Å²) in [6, 6.07) is 0. The predicted molar refractivity (Wildman–Crippen MR) is 40.4 cm³/mol. The third kappa shape index (κ3) is 0.650. The summed E-state index contributed by atoms with van der Waals surface area (Å²) in [6.07, 6.45) is 4.66. The van der Waals surface area contributed by atoms with Crippen LogP contribution >= 0.6 is 11.8 Å². The average Bonchev–Trinajstić information content (AvgIpc) is 2.15. The van der Waals surface area contributed by atoms with Crippen LogP contribution in [-0.4, -0.2) is 25.6 Å². The molecule has 0 fully saturated rings. The number of thioether (sulfide) groups is 1. The van der Waals surface area contributed by atoms with Crippen molar-refractivity contribution in [3.05, 3.63) is 21.5 Å². The van der Waals surface area contributed by atoms with Crippen molar-refractivity contribution in [1.29, 1.82) is 0 Å². The molecule has 2 rings (SSSR count). The second-order valence-electron chi connectivity index (χ2n) is 1.77. The van der Waals surface area contributed by atoms with Crippen molar-refractivity contribution in [3.8, 4) is 0 Å². The van der Waals surface area contributed by atoms with Crippen molar-refractivity contribution in [2.24, 2.45) is 0 Å². The van der Waals surface area contributed by atoms with Gasteiger partial charge in [0.2, 0.25) is 0 Å². The van der Waals surface area contributed by atoms with Gasteiger partial charge in [-0.25, -0.2) is 0 Å². The topological polar surface area (TPSA) is 0 Å². The van der Waals surface area contributed by atoms with E-state index in [0.29, 0.717) is 0 Å². The van der Waals surface area contributed by atoms with Crippen molar-refractivity contribution in [3.63, 3.8) is 0 Å². The van der Waals surface area contributed by atoms with Crippen LogP contribution in [0.5, 0.6) is 0 Å². The molecule has 0 amide bonds.